The molecule has 0 aromatic rings. The Labute approximate surface area is 49.1 Å². The summed E-state index contributed by atoms with van der Waals surface area (Å²) in [5.41, 5.74) is -0.266. The summed E-state index contributed by atoms with van der Waals surface area (Å²) in [5, 5.41) is 0. The van der Waals surface area contributed by atoms with Crippen LogP contribution in [0, 0.1) is 0 Å². The summed E-state index contributed by atoms with van der Waals surface area (Å²) in [7, 11) is 0. The molecule has 0 amide bonds. The monoisotopic (exact) mass is 114 g/mol. The summed E-state index contributed by atoms with van der Waals surface area (Å²) >= 11 is 0. The van der Waals surface area contributed by atoms with Crippen LogP contribution in [-0.4, -0.2) is 11.5 Å². The first-order valence-corrected chi connectivity index (χ1v) is 2.43. The summed E-state index contributed by atoms with van der Waals surface area (Å²) in [4.78, 5) is 9.55. The number of ether oxygens (including phenoxy) is 1. The standard InChI is InChI=1S/C6H10O2/c1-6(2,3)8-5-4-7/h5H,1-3H3. The first-order valence-electron chi connectivity index (χ1n) is 2.43. The third-order valence-electron chi connectivity index (χ3n) is 0.461. The van der Waals surface area contributed by atoms with E-state index in [1.54, 1.807) is 0 Å². The molecular weight excluding hydrogens is 104 g/mol. The molecule has 2 heteroatoms. The lowest BCUT2D eigenvalue weighted by atomic mass is 10.2. The van der Waals surface area contributed by atoms with Gasteiger partial charge in [-0.25, -0.2) is 4.79 Å². The normalized spacial score (nSPS) is 9.88. The Bertz CT molecular complexity index is 104. The van der Waals surface area contributed by atoms with Gasteiger partial charge in [0.2, 0.25) is 0 Å². The third-order valence-corrected chi connectivity index (χ3v) is 0.461. The number of rotatable bonds is 1. The number of carbonyl (C=O) groups excluding carboxylic acids is 1. The molecule has 0 fully saturated rings. The molecule has 0 heterocycles. The fraction of sp³-hybridized carbons (Fsp3) is 0.667. The molecule has 0 radical (unpaired) electrons. The Balaban J connectivity index is 3.55. The zero-order chi connectivity index (χ0) is 6.62. The largest absolute Gasteiger partial charge is 0.484 e. The highest BCUT2D eigenvalue weighted by Gasteiger charge is 2.06. The fourth-order valence-corrected chi connectivity index (χ4v) is 0.201. The van der Waals surface area contributed by atoms with Crippen LogP contribution in [0.1, 0.15) is 20.8 Å². The molecule has 0 atom stereocenters. The van der Waals surface area contributed by atoms with Gasteiger partial charge in [-0.15, -0.1) is 0 Å². The topological polar surface area (TPSA) is 26.3 Å². The van der Waals surface area contributed by atoms with E-state index in [9.17, 15) is 4.79 Å². The van der Waals surface area contributed by atoms with E-state index in [0.717, 1.165) is 6.26 Å². The molecule has 0 rings (SSSR count). The highest BCUT2D eigenvalue weighted by atomic mass is 16.5. The molecule has 0 unspecified atom stereocenters. The third kappa shape index (κ3) is 5.25. The second-order valence-corrected chi connectivity index (χ2v) is 2.47. The van der Waals surface area contributed by atoms with Crippen LogP contribution in [0.5, 0.6) is 0 Å². The van der Waals surface area contributed by atoms with Crippen LogP contribution in [0.4, 0.5) is 0 Å². The SMILES string of the molecule is CC(C)(C)OC=C=O. The second kappa shape index (κ2) is 2.53. The maximum absolute atomic E-state index is 9.55. The minimum Gasteiger partial charge on any atom is -0.484 e. The van der Waals surface area contributed by atoms with Crippen LogP contribution in [-0.2, 0) is 9.53 Å². The minimum atomic E-state index is -0.266. The Kier molecular flexibility index (Phi) is 2.29. The van der Waals surface area contributed by atoms with Gasteiger partial charge in [-0.3, -0.25) is 0 Å². The fourth-order valence-electron chi connectivity index (χ4n) is 0.201. The van der Waals surface area contributed by atoms with Crippen molar-refractivity contribution in [3.05, 3.63) is 6.26 Å². The number of hydrogen-bond donors (Lipinski definition) is 0. The summed E-state index contributed by atoms with van der Waals surface area (Å²) < 4.78 is 4.83. The summed E-state index contributed by atoms with van der Waals surface area (Å²) in [6, 6.07) is 0. The molecule has 0 saturated carbocycles. The van der Waals surface area contributed by atoms with Crippen molar-refractivity contribution in [2.45, 2.75) is 26.4 Å². The molecule has 46 valence electrons. The predicted molar refractivity (Wildman–Crippen MR) is 31.1 cm³/mol. The minimum absolute atomic E-state index is 0.266. The van der Waals surface area contributed by atoms with E-state index in [1.807, 2.05) is 20.8 Å². The van der Waals surface area contributed by atoms with Crippen molar-refractivity contribution in [3.63, 3.8) is 0 Å². The first kappa shape index (κ1) is 7.25. The molecule has 0 aromatic heterocycles. The molecule has 8 heavy (non-hydrogen) atoms. The Morgan fingerprint density at radius 2 is 2.00 bits per heavy atom. The highest BCUT2D eigenvalue weighted by Crippen LogP contribution is 2.04. The Morgan fingerprint density at radius 1 is 1.50 bits per heavy atom. The van der Waals surface area contributed by atoms with Crippen LogP contribution in [0.2, 0.25) is 0 Å². The van der Waals surface area contributed by atoms with Gasteiger partial charge >= 0.3 is 0 Å². The van der Waals surface area contributed by atoms with Gasteiger partial charge in [-0.05, 0) is 20.8 Å². The Morgan fingerprint density at radius 3 is 2.12 bits per heavy atom. The van der Waals surface area contributed by atoms with Crippen LogP contribution in [0.25, 0.3) is 0 Å². The van der Waals surface area contributed by atoms with Crippen molar-refractivity contribution in [1.29, 1.82) is 0 Å². The zero-order valence-corrected chi connectivity index (χ0v) is 5.39. The molecule has 0 aliphatic heterocycles. The van der Waals surface area contributed by atoms with Gasteiger partial charge in [0, 0.05) is 0 Å². The highest BCUT2D eigenvalue weighted by molar-refractivity contribution is 5.42. The molecule has 0 aliphatic carbocycles. The molecule has 0 aliphatic rings. The van der Waals surface area contributed by atoms with Crippen molar-refractivity contribution < 1.29 is 9.53 Å². The molecule has 0 aromatic carbocycles. The van der Waals surface area contributed by atoms with E-state index in [4.69, 9.17) is 4.74 Å². The van der Waals surface area contributed by atoms with Crippen molar-refractivity contribution >= 4 is 5.94 Å². The van der Waals surface area contributed by atoms with Crippen molar-refractivity contribution in [3.8, 4) is 0 Å². The van der Waals surface area contributed by atoms with E-state index in [2.05, 4.69) is 0 Å². The number of hydrogen-bond acceptors (Lipinski definition) is 2. The quantitative estimate of drug-likeness (QED) is 0.377. The van der Waals surface area contributed by atoms with E-state index >= 15 is 0 Å². The Hall–Kier alpha value is -0.750. The molecule has 0 spiro atoms. The van der Waals surface area contributed by atoms with E-state index in [1.165, 1.54) is 5.94 Å². The van der Waals surface area contributed by atoms with Crippen LogP contribution < -0.4 is 0 Å². The van der Waals surface area contributed by atoms with Crippen molar-refractivity contribution in [1.82, 2.24) is 0 Å². The van der Waals surface area contributed by atoms with Gasteiger partial charge in [-0.1, -0.05) is 0 Å². The zero-order valence-electron chi connectivity index (χ0n) is 5.39. The van der Waals surface area contributed by atoms with Crippen LogP contribution in [0.3, 0.4) is 0 Å². The summed E-state index contributed by atoms with van der Waals surface area (Å²) in [6.45, 7) is 5.59. The summed E-state index contributed by atoms with van der Waals surface area (Å²) in [6.07, 6.45) is 1.03. The van der Waals surface area contributed by atoms with Gasteiger partial charge in [0.15, 0.2) is 12.2 Å². The summed E-state index contributed by atoms with van der Waals surface area (Å²) in [5.74, 6) is 1.53. The lowest BCUT2D eigenvalue weighted by Crippen LogP contribution is -2.15. The second-order valence-electron chi connectivity index (χ2n) is 2.47. The van der Waals surface area contributed by atoms with Gasteiger partial charge < -0.3 is 4.74 Å². The molecule has 0 saturated heterocycles. The molecular formula is C6H10O2. The smallest absolute Gasteiger partial charge is 0.167 e. The lowest BCUT2D eigenvalue weighted by molar-refractivity contribution is 0.0786. The molecule has 2 nitrogen and oxygen atoms in total. The lowest BCUT2D eigenvalue weighted by Gasteiger charge is -2.15. The van der Waals surface area contributed by atoms with Gasteiger partial charge in [-0.2, -0.15) is 0 Å². The first-order chi connectivity index (χ1) is 3.56. The van der Waals surface area contributed by atoms with Gasteiger partial charge in [0.25, 0.3) is 0 Å². The van der Waals surface area contributed by atoms with E-state index in [0.29, 0.717) is 0 Å². The van der Waals surface area contributed by atoms with E-state index in [-0.39, 0.29) is 5.60 Å². The van der Waals surface area contributed by atoms with Crippen molar-refractivity contribution in [2.24, 2.45) is 0 Å². The maximum atomic E-state index is 9.55. The van der Waals surface area contributed by atoms with Gasteiger partial charge in [0.1, 0.15) is 5.60 Å². The van der Waals surface area contributed by atoms with Crippen LogP contribution in [0.15, 0.2) is 6.26 Å². The predicted octanol–water partition coefficient (Wildman–Crippen LogP) is 1.15. The average molecular weight is 114 g/mol. The molecule has 0 N–H and O–H groups in total. The van der Waals surface area contributed by atoms with Crippen molar-refractivity contribution in [2.75, 3.05) is 0 Å². The van der Waals surface area contributed by atoms with E-state index < -0.39 is 0 Å². The van der Waals surface area contributed by atoms with Gasteiger partial charge in [0.05, 0.1) is 0 Å². The molecule has 0 bridgehead atoms. The average Bonchev–Trinajstić information content (AvgIpc) is 1.59. The maximum Gasteiger partial charge on any atom is 0.167 e. The van der Waals surface area contributed by atoms with Crippen LogP contribution >= 0.6 is 0 Å².